The van der Waals surface area contributed by atoms with Crippen molar-refractivity contribution in [2.45, 2.75) is 5.03 Å². The van der Waals surface area contributed by atoms with E-state index < -0.39 is 0 Å². The van der Waals surface area contributed by atoms with Crippen LogP contribution in [-0.2, 0) is 4.79 Å². The minimum absolute atomic E-state index is 0.0659. The number of nitriles is 1. The highest BCUT2D eigenvalue weighted by Gasteiger charge is 2.17. The molecule has 1 aromatic carbocycles. The molecule has 148 valence electrons. The average molecular weight is 411 g/mol. The van der Waals surface area contributed by atoms with Crippen LogP contribution < -0.4 is 19.9 Å². The lowest BCUT2D eigenvalue weighted by Crippen LogP contribution is -2.53. The molecule has 0 radical (unpaired) electrons. The minimum atomic E-state index is -0.294. The van der Waals surface area contributed by atoms with Gasteiger partial charge < -0.3 is 4.74 Å². The number of hydrogen-bond acceptors (Lipinski definition) is 8. The summed E-state index contributed by atoms with van der Waals surface area (Å²) in [6.07, 6.45) is 1.55. The highest BCUT2D eigenvalue weighted by Crippen LogP contribution is 2.26. The number of thioether (sulfide) groups is 1. The van der Waals surface area contributed by atoms with Gasteiger partial charge in [0.1, 0.15) is 16.8 Å². The lowest BCUT2D eigenvalue weighted by atomic mass is 10.1. The number of pyridine rings is 1. The molecule has 0 aliphatic heterocycles. The summed E-state index contributed by atoms with van der Waals surface area (Å²) in [5.41, 5.74) is 2.00. The second-order valence-electron chi connectivity index (χ2n) is 6.06. The van der Waals surface area contributed by atoms with Gasteiger partial charge in [-0.25, -0.2) is 4.98 Å². The van der Waals surface area contributed by atoms with Crippen LogP contribution in [-0.4, -0.2) is 43.1 Å². The van der Waals surface area contributed by atoms with E-state index >= 15 is 0 Å². The largest absolute Gasteiger partial charge is 0.497 e. The average Bonchev–Trinajstić information content (AvgIpc) is 3.21. The van der Waals surface area contributed by atoms with Crippen molar-refractivity contribution < 1.29 is 18.8 Å². The lowest BCUT2D eigenvalue weighted by molar-refractivity contribution is -0.753. The Morgan fingerprint density at radius 1 is 1.31 bits per heavy atom. The van der Waals surface area contributed by atoms with E-state index in [0.717, 1.165) is 11.3 Å². The number of nitrogens with one attached hydrogen (secondary N) is 1. The van der Waals surface area contributed by atoms with Crippen LogP contribution >= 0.6 is 11.8 Å². The number of aromatic nitrogens is 3. The number of hydrogen-bond donors (Lipinski definition) is 1. The number of carbonyl (C=O) groups is 1. The second-order valence-corrected chi connectivity index (χ2v) is 7.02. The third-order valence-corrected chi connectivity index (χ3v) is 4.83. The number of amides is 1. The third-order valence-electron chi connectivity index (χ3n) is 3.83. The first kappa shape index (κ1) is 20.2. The molecule has 0 saturated carbocycles. The highest BCUT2D eigenvalue weighted by molar-refractivity contribution is 8.00. The Morgan fingerprint density at radius 2 is 2.07 bits per heavy atom. The smallest absolute Gasteiger partial charge is 0.305 e. The maximum atomic E-state index is 12.2. The molecule has 3 aromatic rings. The molecule has 3 rings (SSSR count). The Labute approximate surface area is 171 Å². The molecular weight excluding hydrogens is 392 g/mol. The van der Waals surface area contributed by atoms with Crippen LogP contribution in [0.25, 0.3) is 11.3 Å². The molecule has 0 fully saturated rings. The van der Waals surface area contributed by atoms with Crippen molar-refractivity contribution in [3.8, 4) is 23.1 Å². The number of nitrogens with zero attached hydrogens (tertiary/aromatic N) is 5. The SMILES string of the molecule is COc1ccc(-c2ccc(C#N)c(SCC(=O)Nc3c[n+](N(C)C)no3)n2)cc1. The predicted molar refractivity (Wildman–Crippen MR) is 107 cm³/mol. The molecule has 0 aliphatic rings. The first-order valence-corrected chi connectivity index (χ1v) is 9.53. The van der Waals surface area contributed by atoms with E-state index in [1.54, 1.807) is 44.5 Å². The molecule has 0 atom stereocenters. The summed E-state index contributed by atoms with van der Waals surface area (Å²) in [6, 6.07) is 13.0. The summed E-state index contributed by atoms with van der Waals surface area (Å²) in [6.45, 7) is 0. The van der Waals surface area contributed by atoms with E-state index in [9.17, 15) is 10.1 Å². The summed E-state index contributed by atoms with van der Waals surface area (Å²) in [4.78, 5) is 18.2. The molecule has 29 heavy (non-hydrogen) atoms. The molecule has 1 amide bonds. The topological polar surface area (TPSA) is 108 Å². The monoisotopic (exact) mass is 411 g/mol. The lowest BCUT2D eigenvalue weighted by Gasteiger charge is -2.07. The number of ether oxygens (including phenoxy) is 1. The van der Waals surface area contributed by atoms with Gasteiger partial charge in [0.05, 0.1) is 43.0 Å². The summed E-state index contributed by atoms with van der Waals surface area (Å²) in [5.74, 6) is 0.746. The standard InChI is InChI=1S/C19H18N6O3S/c1-24(2)25-11-18(28-23-25)22-17(26)12-29-19-14(10-20)6-9-16(21-19)13-4-7-15(27-3)8-5-13/h4-9,11H,12H2,1-3H3/p+1. The molecule has 0 unspecified atom stereocenters. The van der Waals surface area contributed by atoms with Crippen LogP contribution in [0.15, 0.2) is 52.1 Å². The Kier molecular flexibility index (Phi) is 6.31. The number of anilines is 1. The van der Waals surface area contributed by atoms with E-state index in [1.165, 1.54) is 16.6 Å². The molecule has 10 heteroatoms. The van der Waals surface area contributed by atoms with E-state index in [4.69, 9.17) is 9.26 Å². The number of carbonyl (C=O) groups excluding carboxylic acids is 1. The van der Waals surface area contributed by atoms with Gasteiger partial charge in [-0.15, -0.1) is 0 Å². The molecule has 0 saturated heterocycles. The van der Waals surface area contributed by atoms with Gasteiger partial charge in [-0.05, 0) is 36.4 Å². The van der Waals surface area contributed by atoms with Crippen molar-refractivity contribution in [2.24, 2.45) is 0 Å². The fourth-order valence-corrected chi connectivity index (χ4v) is 3.12. The molecule has 2 aromatic heterocycles. The van der Waals surface area contributed by atoms with Crippen molar-refractivity contribution in [3.05, 3.63) is 48.2 Å². The van der Waals surface area contributed by atoms with Gasteiger partial charge in [0.25, 0.3) is 6.20 Å². The quantitative estimate of drug-likeness (QED) is 0.463. The Hall–Kier alpha value is -3.58. The number of methoxy groups -OCH3 is 1. The zero-order valence-corrected chi connectivity index (χ0v) is 16.9. The van der Waals surface area contributed by atoms with Crippen molar-refractivity contribution >= 4 is 23.6 Å². The predicted octanol–water partition coefficient (Wildman–Crippen LogP) is 1.83. The highest BCUT2D eigenvalue weighted by atomic mass is 32.2. The molecular formula is C19H19N6O3S+. The van der Waals surface area contributed by atoms with Crippen LogP contribution in [0.5, 0.6) is 5.75 Å². The zero-order chi connectivity index (χ0) is 20.8. The fourth-order valence-electron chi connectivity index (χ4n) is 2.35. The van der Waals surface area contributed by atoms with Gasteiger partial charge in [0, 0.05) is 5.56 Å². The molecule has 9 nitrogen and oxygen atoms in total. The molecule has 0 spiro atoms. The normalized spacial score (nSPS) is 10.3. The Morgan fingerprint density at radius 3 is 2.69 bits per heavy atom. The van der Waals surface area contributed by atoms with Crippen LogP contribution in [0.4, 0.5) is 5.88 Å². The first-order valence-electron chi connectivity index (χ1n) is 8.54. The summed E-state index contributed by atoms with van der Waals surface area (Å²) in [7, 11) is 5.18. The first-order chi connectivity index (χ1) is 14.0. The molecule has 0 bridgehead atoms. The molecule has 1 N–H and O–H groups in total. The van der Waals surface area contributed by atoms with Gasteiger partial charge in [0.15, 0.2) is 0 Å². The van der Waals surface area contributed by atoms with Crippen molar-refractivity contribution in [3.63, 3.8) is 0 Å². The van der Waals surface area contributed by atoms with E-state index in [-0.39, 0.29) is 17.5 Å². The molecule has 0 aliphatic carbocycles. The number of rotatable bonds is 7. The van der Waals surface area contributed by atoms with Crippen LogP contribution in [0.2, 0.25) is 0 Å². The summed E-state index contributed by atoms with van der Waals surface area (Å²) < 4.78 is 10.2. The maximum absolute atomic E-state index is 12.2. The van der Waals surface area contributed by atoms with E-state index in [0.29, 0.717) is 16.3 Å². The van der Waals surface area contributed by atoms with Crippen molar-refractivity contribution in [2.75, 3.05) is 37.3 Å². The maximum Gasteiger partial charge on any atom is 0.305 e. The van der Waals surface area contributed by atoms with Crippen molar-refractivity contribution in [1.82, 2.24) is 10.3 Å². The summed E-state index contributed by atoms with van der Waals surface area (Å²) in [5, 5.41) is 17.9. The van der Waals surface area contributed by atoms with E-state index in [1.807, 2.05) is 24.3 Å². The van der Waals surface area contributed by atoms with E-state index in [2.05, 4.69) is 21.6 Å². The Bertz CT molecular complexity index is 1040. The van der Waals surface area contributed by atoms with Crippen molar-refractivity contribution in [1.29, 1.82) is 5.26 Å². The fraction of sp³-hybridized carbons (Fsp3) is 0.211. The summed E-state index contributed by atoms with van der Waals surface area (Å²) >= 11 is 1.18. The van der Waals surface area contributed by atoms with Crippen LogP contribution in [0, 0.1) is 11.3 Å². The Balaban J connectivity index is 1.70. The van der Waals surface area contributed by atoms with Gasteiger partial charge in [-0.2, -0.15) is 10.3 Å². The van der Waals surface area contributed by atoms with Gasteiger partial charge >= 0.3 is 5.88 Å². The van der Waals surface area contributed by atoms with Crippen LogP contribution in [0.1, 0.15) is 5.56 Å². The molecule has 2 heterocycles. The third kappa shape index (κ3) is 5.03. The minimum Gasteiger partial charge on any atom is -0.497 e. The van der Waals surface area contributed by atoms with Crippen LogP contribution in [0.3, 0.4) is 0 Å². The zero-order valence-electron chi connectivity index (χ0n) is 16.1. The van der Waals surface area contributed by atoms with Gasteiger partial charge in [0.2, 0.25) is 11.2 Å². The van der Waals surface area contributed by atoms with Gasteiger partial charge in [-0.1, -0.05) is 11.8 Å². The van der Waals surface area contributed by atoms with Gasteiger partial charge in [-0.3, -0.25) is 14.6 Å². The second kappa shape index (κ2) is 9.07. The number of benzene rings is 1.